The molecule has 1 heterocycles. The highest BCUT2D eigenvalue weighted by atomic mass is 79.9. The zero-order chi connectivity index (χ0) is 13.8. The van der Waals surface area contributed by atoms with Crippen LogP contribution in [0.15, 0.2) is 28.7 Å². The van der Waals surface area contributed by atoms with Crippen molar-refractivity contribution in [2.24, 2.45) is 5.73 Å². The summed E-state index contributed by atoms with van der Waals surface area (Å²) < 4.78 is 1.03. The maximum absolute atomic E-state index is 12.4. The topological polar surface area (TPSA) is 49.6 Å². The first kappa shape index (κ1) is 14.3. The van der Waals surface area contributed by atoms with E-state index in [2.05, 4.69) is 26.9 Å². The molecule has 1 unspecified atom stereocenters. The molecule has 0 aromatic heterocycles. The number of hydrogen-bond donors (Lipinski definition) is 1. The predicted molar refractivity (Wildman–Crippen MR) is 81.2 cm³/mol. The molecule has 1 saturated heterocycles. The van der Waals surface area contributed by atoms with Gasteiger partial charge in [0.05, 0.1) is 0 Å². The van der Waals surface area contributed by atoms with Gasteiger partial charge in [-0.3, -0.25) is 4.79 Å². The molecule has 0 bridgehead atoms. The van der Waals surface area contributed by atoms with Crippen molar-refractivity contribution in [2.45, 2.75) is 18.9 Å². The summed E-state index contributed by atoms with van der Waals surface area (Å²) in [6.45, 7) is 2.22. The quantitative estimate of drug-likeness (QED) is 0.922. The Balaban J connectivity index is 2.31. The summed E-state index contributed by atoms with van der Waals surface area (Å²) in [6.07, 6.45) is 1.67. The van der Waals surface area contributed by atoms with Crippen molar-refractivity contribution in [3.63, 3.8) is 0 Å². The fourth-order valence-electron chi connectivity index (χ4n) is 2.53. The third kappa shape index (κ3) is 3.28. The van der Waals surface area contributed by atoms with Crippen molar-refractivity contribution in [3.05, 3.63) is 28.7 Å². The van der Waals surface area contributed by atoms with Crippen LogP contribution in [0, 0.1) is 0 Å². The van der Waals surface area contributed by atoms with Crippen LogP contribution < -0.4 is 10.6 Å². The van der Waals surface area contributed by atoms with Crippen molar-refractivity contribution < 1.29 is 4.79 Å². The number of halogens is 1. The van der Waals surface area contributed by atoms with Crippen LogP contribution in [-0.4, -0.2) is 43.5 Å². The van der Waals surface area contributed by atoms with E-state index in [1.54, 1.807) is 0 Å². The van der Waals surface area contributed by atoms with Crippen molar-refractivity contribution in [3.8, 4) is 0 Å². The van der Waals surface area contributed by atoms with Gasteiger partial charge in [0.1, 0.15) is 6.04 Å². The van der Waals surface area contributed by atoms with E-state index >= 15 is 0 Å². The number of anilines is 1. The molecule has 1 aliphatic heterocycles. The molecule has 19 heavy (non-hydrogen) atoms. The van der Waals surface area contributed by atoms with E-state index in [1.165, 1.54) is 0 Å². The number of rotatable bonds is 3. The minimum absolute atomic E-state index is 0.146. The molecule has 104 valence electrons. The van der Waals surface area contributed by atoms with Gasteiger partial charge in [0.15, 0.2) is 0 Å². The Bertz CT molecular complexity index is 452. The maximum atomic E-state index is 12.4. The summed E-state index contributed by atoms with van der Waals surface area (Å²) in [7, 11) is 1.87. The number of carbonyl (C=O) groups excluding carboxylic acids is 1. The first-order valence-electron chi connectivity index (χ1n) is 6.60. The van der Waals surface area contributed by atoms with Gasteiger partial charge < -0.3 is 15.5 Å². The lowest BCUT2D eigenvalue weighted by Gasteiger charge is -2.31. The zero-order valence-corrected chi connectivity index (χ0v) is 12.8. The third-order valence-electron chi connectivity index (χ3n) is 3.51. The largest absolute Gasteiger partial charge is 0.359 e. The van der Waals surface area contributed by atoms with Crippen LogP contribution in [0.25, 0.3) is 0 Å². The van der Waals surface area contributed by atoms with Gasteiger partial charge in [-0.25, -0.2) is 0 Å². The highest BCUT2D eigenvalue weighted by Gasteiger charge is 2.30. The lowest BCUT2D eigenvalue weighted by molar-refractivity contribution is -0.130. The molecule has 0 radical (unpaired) electrons. The van der Waals surface area contributed by atoms with Gasteiger partial charge in [-0.05, 0) is 37.6 Å². The summed E-state index contributed by atoms with van der Waals surface area (Å²) >= 11 is 3.49. The van der Waals surface area contributed by atoms with Gasteiger partial charge in [-0.15, -0.1) is 0 Å². The molecule has 1 aromatic carbocycles. The van der Waals surface area contributed by atoms with Gasteiger partial charge in [0.25, 0.3) is 0 Å². The Morgan fingerprint density at radius 1 is 1.42 bits per heavy atom. The van der Waals surface area contributed by atoms with Crippen LogP contribution in [0.5, 0.6) is 0 Å². The summed E-state index contributed by atoms with van der Waals surface area (Å²) in [6, 6.07) is 7.95. The number of carbonyl (C=O) groups is 1. The summed E-state index contributed by atoms with van der Waals surface area (Å²) in [5.41, 5.74) is 6.76. The Labute approximate surface area is 122 Å². The highest BCUT2D eigenvalue weighted by molar-refractivity contribution is 9.10. The van der Waals surface area contributed by atoms with E-state index < -0.39 is 0 Å². The standard InChI is InChI=1S/C14H20BrN3O/c1-17-8-3-9-18(13(6-7-16)14(17)19)12-5-2-4-11(15)10-12/h2,4-5,10,13H,3,6-9,16H2,1H3. The second-order valence-electron chi connectivity index (χ2n) is 4.88. The molecule has 1 atom stereocenters. The first-order valence-corrected chi connectivity index (χ1v) is 7.40. The molecule has 1 fully saturated rings. The van der Waals surface area contributed by atoms with Crippen molar-refractivity contribution in [2.75, 3.05) is 31.6 Å². The first-order chi connectivity index (χ1) is 9.13. The van der Waals surface area contributed by atoms with Gasteiger partial charge in [-0.2, -0.15) is 0 Å². The number of hydrogen-bond acceptors (Lipinski definition) is 3. The molecule has 2 rings (SSSR count). The predicted octanol–water partition coefficient (Wildman–Crippen LogP) is 1.83. The Hall–Kier alpha value is -1.07. The zero-order valence-electron chi connectivity index (χ0n) is 11.2. The Kier molecular flexibility index (Phi) is 4.82. The monoisotopic (exact) mass is 325 g/mol. The van der Waals surface area contributed by atoms with Gasteiger partial charge in [0, 0.05) is 30.3 Å². The highest BCUT2D eigenvalue weighted by Crippen LogP contribution is 2.25. The molecular formula is C14H20BrN3O. The fourth-order valence-corrected chi connectivity index (χ4v) is 2.92. The van der Waals surface area contributed by atoms with Gasteiger partial charge in [-0.1, -0.05) is 22.0 Å². The summed E-state index contributed by atoms with van der Waals surface area (Å²) in [5, 5.41) is 0. The molecule has 2 N–H and O–H groups in total. The third-order valence-corrected chi connectivity index (χ3v) is 4.00. The fraction of sp³-hybridized carbons (Fsp3) is 0.500. The molecular weight excluding hydrogens is 306 g/mol. The molecule has 0 saturated carbocycles. The van der Waals surface area contributed by atoms with E-state index in [0.29, 0.717) is 13.0 Å². The van der Waals surface area contributed by atoms with Gasteiger partial charge >= 0.3 is 0 Å². The average molecular weight is 326 g/mol. The molecule has 1 aliphatic rings. The molecule has 4 nitrogen and oxygen atoms in total. The van der Waals surface area contributed by atoms with E-state index in [9.17, 15) is 4.79 Å². The number of nitrogens with zero attached hydrogens (tertiary/aromatic N) is 2. The van der Waals surface area contributed by atoms with E-state index in [4.69, 9.17) is 5.73 Å². The van der Waals surface area contributed by atoms with Crippen molar-refractivity contribution >= 4 is 27.5 Å². The minimum Gasteiger partial charge on any atom is -0.359 e. The Morgan fingerprint density at radius 3 is 2.89 bits per heavy atom. The second-order valence-corrected chi connectivity index (χ2v) is 5.80. The van der Waals surface area contributed by atoms with Gasteiger partial charge in [0.2, 0.25) is 5.91 Å². The summed E-state index contributed by atoms with van der Waals surface area (Å²) in [4.78, 5) is 16.4. The SMILES string of the molecule is CN1CCCN(c2cccc(Br)c2)C(CCN)C1=O. The maximum Gasteiger partial charge on any atom is 0.245 e. The molecule has 0 spiro atoms. The average Bonchev–Trinajstić information content (AvgIpc) is 2.53. The van der Waals surface area contributed by atoms with Crippen LogP contribution in [0.3, 0.4) is 0 Å². The number of likely N-dealkylation sites (N-methyl/N-ethyl adjacent to an activating group) is 1. The van der Waals surface area contributed by atoms with Crippen LogP contribution in [0.2, 0.25) is 0 Å². The van der Waals surface area contributed by atoms with Crippen LogP contribution in [0.1, 0.15) is 12.8 Å². The molecule has 0 aliphatic carbocycles. The molecule has 1 aromatic rings. The number of nitrogens with two attached hydrogens (primary N) is 1. The van der Waals surface area contributed by atoms with E-state index in [0.717, 1.165) is 29.7 Å². The van der Waals surface area contributed by atoms with E-state index in [1.807, 2.05) is 30.1 Å². The Morgan fingerprint density at radius 2 is 2.21 bits per heavy atom. The van der Waals surface area contributed by atoms with Crippen LogP contribution >= 0.6 is 15.9 Å². The van der Waals surface area contributed by atoms with Crippen LogP contribution in [0.4, 0.5) is 5.69 Å². The summed E-state index contributed by atoms with van der Waals surface area (Å²) in [5.74, 6) is 0.169. The van der Waals surface area contributed by atoms with Crippen molar-refractivity contribution in [1.29, 1.82) is 0 Å². The smallest absolute Gasteiger partial charge is 0.245 e. The lowest BCUT2D eigenvalue weighted by atomic mass is 10.1. The minimum atomic E-state index is -0.146. The van der Waals surface area contributed by atoms with Crippen LogP contribution in [-0.2, 0) is 4.79 Å². The number of benzene rings is 1. The number of amides is 1. The second kappa shape index (κ2) is 6.39. The van der Waals surface area contributed by atoms with Crippen molar-refractivity contribution in [1.82, 2.24) is 4.90 Å². The van der Waals surface area contributed by atoms with E-state index in [-0.39, 0.29) is 11.9 Å². The lowest BCUT2D eigenvalue weighted by Crippen LogP contribution is -2.46. The molecule has 1 amide bonds. The molecule has 5 heteroatoms. The normalized spacial score (nSPS) is 20.6.